The van der Waals surface area contributed by atoms with Crippen LogP contribution in [0.3, 0.4) is 0 Å². The minimum absolute atomic E-state index is 0.203. The SMILES string of the molecule is CN1CCC(n2cc3cc(B4OC(C)(C)C(C)(C)O4)ccc3n2)CC1(C)C. The van der Waals surface area contributed by atoms with E-state index in [0.29, 0.717) is 6.04 Å². The predicted octanol–water partition coefficient (Wildman–Crippen LogP) is 3.38. The van der Waals surface area contributed by atoms with Crippen LogP contribution >= 0.6 is 0 Å². The second-order valence-electron chi connectivity index (χ2n) is 9.90. The molecule has 146 valence electrons. The fourth-order valence-electron chi connectivity index (χ4n) is 4.08. The fraction of sp³-hybridized carbons (Fsp3) is 0.667. The largest absolute Gasteiger partial charge is 0.494 e. The van der Waals surface area contributed by atoms with Crippen molar-refractivity contribution in [3.63, 3.8) is 0 Å². The first kappa shape index (κ1) is 19.0. The number of likely N-dealkylation sites (tertiary alicyclic amines) is 1. The number of piperidine rings is 1. The van der Waals surface area contributed by atoms with Gasteiger partial charge < -0.3 is 14.2 Å². The number of hydrogen-bond acceptors (Lipinski definition) is 4. The molecule has 3 heterocycles. The highest BCUT2D eigenvalue weighted by atomic mass is 16.7. The van der Waals surface area contributed by atoms with Crippen molar-refractivity contribution in [1.29, 1.82) is 0 Å². The van der Waals surface area contributed by atoms with E-state index in [2.05, 4.69) is 82.6 Å². The highest BCUT2D eigenvalue weighted by Crippen LogP contribution is 2.37. The first-order valence-electron chi connectivity index (χ1n) is 10.0. The summed E-state index contributed by atoms with van der Waals surface area (Å²) < 4.78 is 14.6. The Hall–Kier alpha value is -1.37. The highest BCUT2D eigenvalue weighted by molar-refractivity contribution is 6.62. The Morgan fingerprint density at radius 1 is 1.07 bits per heavy atom. The third-order valence-electron chi connectivity index (χ3n) is 7.01. The molecule has 0 amide bonds. The van der Waals surface area contributed by atoms with Gasteiger partial charge in [-0.3, -0.25) is 4.68 Å². The first-order chi connectivity index (χ1) is 12.5. The third kappa shape index (κ3) is 3.22. The maximum absolute atomic E-state index is 6.21. The van der Waals surface area contributed by atoms with E-state index in [0.717, 1.165) is 35.8 Å². The van der Waals surface area contributed by atoms with E-state index in [4.69, 9.17) is 14.4 Å². The predicted molar refractivity (Wildman–Crippen MR) is 110 cm³/mol. The summed E-state index contributed by atoms with van der Waals surface area (Å²) >= 11 is 0. The molecule has 1 atom stereocenters. The zero-order valence-corrected chi connectivity index (χ0v) is 17.7. The summed E-state index contributed by atoms with van der Waals surface area (Å²) in [6.07, 6.45) is 4.44. The zero-order valence-electron chi connectivity index (χ0n) is 17.7. The van der Waals surface area contributed by atoms with Crippen LogP contribution in [0.15, 0.2) is 24.4 Å². The van der Waals surface area contributed by atoms with Crippen molar-refractivity contribution in [1.82, 2.24) is 14.7 Å². The maximum atomic E-state index is 6.21. The molecule has 2 fully saturated rings. The van der Waals surface area contributed by atoms with Crippen LogP contribution in [0.1, 0.15) is 60.4 Å². The summed E-state index contributed by atoms with van der Waals surface area (Å²) in [4.78, 5) is 2.45. The molecule has 4 rings (SSSR count). The van der Waals surface area contributed by atoms with Gasteiger partial charge in [0.1, 0.15) is 0 Å². The van der Waals surface area contributed by atoms with Crippen molar-refractivity contribution < 1.29 is 9.31 Å². The molecule has 0 spiro atoms. The lowest BCUT2D eigenvalue weighted by atomic mass is 9.79. The number of benzene rings is 1. The number of hydrogen-bond donors (Lipinski definition) is 0. The summed E-state index contributed by atoms with van der Waals surface area (Å²) in [5.74, 6) is 0. The van der Waals surface area contributed by atoms with E-state index in [1.165, 1.54) is 0 Å². The van der Waals surface area contributed by atoms with Gasteiger partial charge in [0.25, 0.3) is 0 Å². The molecule has 0 N–H and O–H groups in total. The molecule has 2 saturated heterocycles. The summed E-state index contributed by atoms with van der Waals surface area (Å²) in [6, 6.07) is 6.79. The van der Waals surface area contributed by atoms with Crippen molar-refractivity contribution in [2.24, 2.45) is 0 Å². The Balaban J connectivity index is 1.60. The van der Waals surface area contributed by atoms with E-state index in [9.17, 15) is 0 Å². The lowest BCUT2D eigenvalue weighted by Gasteiger charge is -2.43. The normalized spacial score (nSPS) is 27.4. The molecule has 27 heavy (non-hydrogen) atoms. The van der Waals surface area contributed by atoms with Gasteiger partial charge in [-0.2, -0.15) is 5.10 Å². The number of fused-ring (bicyclic) bond motifs is 1. The average Bonchev–Trinajstić information content (AvgIpc) is 3.07. The molecule has 6 heteroatoms. The van der Waals surface area contributed by atoms with Gasteiger partial charge >= 0.3 is 7.12 Å². The van der Waals surface area contributed by atoms with Gasteiger partial charge in [-0.15, -0.1) is 0 Å². The van der Waals surface area contributed by atoms with Gasteiger partial charge in [0.05, 0.1) is 22.8 Å². The summed E-state index contributed by atoms with van der Waals surface area (Å²) in [6.45, 7) is 14.1. The molecule has 2 aromatic rings. The minimum Gasteiger partial charge on any atom is -0.399 e. The van der Waals surface area contributed by atoms with Crippen LogP contribution in [0.5, 0.6) is 0 Å². The second-order valence-corrected chi connectivity index (χ2v) is 9.90. The van der Waals surface area contributed by atoms with E-state index in [1.54, 1.807) is 0 Å². The van der Waals surface area contributed by atoms with Crippen LogP contribution in [0.4, 0.5) is 0 Å². The van der Waals surface area contributed by atoms with Gasteiger partial charge in [-0.25, -0.2) is 0 Å². The lowest BCUT2D eigenvalue weighted by molar-refractivity contribution is 0.00578. The summed E-state index contributed by atoms with van der Waals surface area (Å²) in [7, 11) is 1.89. The molecule has 1 unspecified atom stereocenters. The van der Waals surface area contributed by atoms with E-state index < -0.39 is 0 Å². The van der Waals surface area contributed by atoms with Crippen molar-refractivity contribution in [3.8, 4) is 0 Å². The molecule has 2 aliphatic heterocycles. The molecule has 0 saturated carbocycles. The molecule has 1 aromatic carbocycles. The van der Waals surface area contributed by atoms with Gasteiger partial charge in [0.15, 0.2) is 0 Å². The topological polar surface area (TPSA) is 39.5 Å². The molecule has 1 aromatic heterocycles. The Morgan fingerprint density at radius 2 is 1.74 bits per heavy atom. The van der Waals surface area contributed by atoms with E-state index in [1.807, 2.05) is 0 Å². The third-order valence-corrected chi connectivity index (χ3v) is 7.01. The lowest BCUT2D eigenvalue weighted by Crippen LogP contribution is -2.47. The van der Waals surface area contributed by atoms with Crippen molar-refractivity contribution in [2.75, 3.05) is 13.6 Å². The Kier molecular flexibility index (Phi) is 4.26. The number of aromatic nitrogens is 2. The minimum atomic E-state index is -0.329. The van der Waals surface area contributed by atoms with Crippen LogP contribution in [0, 0.1) is 0 Å². The summed E-state index contributed by atoms with van der Waals surface area (Å²) in [5.41, 5.74) is 1.65. The molecule has 2 aliphatic rings. The second kappa shape index (κ2) is 6.06. The number of rotatable bonds is 2. The van der Waals surface area contributed by atoms with Gasteiger partial charge in [0, 0.05) is 23.7 Å². The summed E-state index contributed by atoms with van der Waals surface area (Å²) in [5, 5.41) is 6.02. The molecular formula is C21H32BN3O2. The van der Waals surface area contributed by atoms with Crippen molar-refractivity contribution in [2.45, 2.75) is 77.2 Å². The molecule has 0 radical (unpaired) electrons. The van der Waals surface area contributed by atoms with Crippen LogP contribution in [0.2, 0.25) is 0 Å². The van der Waals surface area contributed by atoms with Crippen molar-refractivity contribution in [3.05, 3.63) is 24.4 Å². The smallest absolute Gasteiger partial charge is 0.399 e. The van der Waals surface area contributed by atoms with Crippen LogP contribution in [-0.2, 0) is 9.31 Å². The van der Waals surface area contributed by atoms with Crippen LogP contribution in [0.25, 0.3) is 10.9 Å². The average molecular weight is 369 g/mol. The molecular weight excluding hydrogens is 337 g/mol. The van der Waals surface area contributed by atoms with Crippen LogP contribution < -0.4 is 5.46 Å². The zero-order chi connectivity index (χ0) is 19.6. The fourth-order valence-corrected chi connectivity index (χ4v) is 4.08. The standard InChI is InChI=1S/C21H32BN3O2/c1-19(2)13-17(10-11-24(19)7)25-14-15-12-16(8-9-18(15)23-25)22-26-20(3,4)21(5,6)27-22/h8-9,12,14,17H,10-11,13H2,1-7H3. The Labute approximate surface area is 163 Å². The molecule has 0 bridgehead atoms. The van der Waals surface area contributed by atoms with Crippen molar-refractivity contribution >= 4 is 23.5 Å². The highest BCUT2D eigenvalue weighted by Gasteiger charge is 2.51. The maximum Gasteiger partial charge on any atom is 0.494 e. The number of nitrogens with zero attached hydrogens (tertiary/aromatic N) is 3. The Morgan fingerprint density at radius 3 is 2.37 bits per heavy atom. The molecule has 5 nitrogen and oxygen atoms in total. The monoisotopic (exact) mass is 369 g/mol. The first-order valence-corrected chi connectivity index (χ1v) is 10.0. The van der Waals surface area contributed by atoms with Crippen LogP contribution in [-0.4, -0.2) is 52.1 Å². The van der Waals surface area contributed by atoms with Gasteiger partial charge in [0.2, 0.25) is 0 Å². The van der Waals surface area contributed by atoms with Gasteiger partial charge in [-0.05, 0) is 73.0 Å². The quantitative estimate of drug-likeness (QED) is 0.761. The van der Waals surface area contributed by atoms with E-state index in [-0.39, 0.29) is 23.9 Å². The Bertz CT molecular complexity index is 842. The molecule has 0 aliphatic carbocycles. The van der Waals surface area contributed by atoms with Gasteiger partial charge in [-0.1, -0.05) is 12.1 Å². The van der Waals surface area contributed by atoms with E-state index >= 15 is 0 Å².